The molecule has 1 N–H and O–H groups in total. The highest BCUT2D eigenvalue weighted by molar-refractivity contribution is 5.33. The Hall–Kier alpha value is -1.19. The standard InChI is InChI=1S/C11H14FN3/c12-9-5-10(15-7-14-9)13-6-11(3-4-11)8-1-2-8/h5,7-8H,1-4,6H2,(H,13,14,15). The number of nitrogens with zero attached hydrogens (tertiary/aromatic N) is 2. The minimum absolute atomic E-state index is 0.469. The molecule has 2 aliphatic rings. The molecule has 80 valence electrons. The van der Waals surface area contributed by atoms with Gasteiger partial charge in [-0.05, 0) is 37.0 Å². The van der Waals surface area contributed by atoms with Gasteiger partial charge in [-0.2, -0.15) is 4.39 Å². The molecule has 2 saturated carbocycles. The maximum absolute atomic E-state index is 12.8. The van der Waals surface area contributed by atoms with Gasteiger partial charge in [0.1, 0.15) is 12.1 Å². The van der Waals surface area contributed by atoms with E-state index in [1.54, 1.807) is 0 Å². The van der Waals surface area contributed by atoms with Gasteiger partial charge in [0.15, 0.2) is 0 Å². The summed E-state index contributed by atoms with van der Waals surface area (Å²) in [5, 5.41) is 3.22. The Morgan fingerprint density at radius 3 is 2.80 bits per heavy atom. The molecule has 3 rings (SSSR count). The van der Waals surface area contributed by atoms with Crippen molar-refractivity contribution >= 4 is 5.82 Å². The zero-order valence-electron chi connectivity index (χ0n) is 8.54. The van der Waals surface area contributed by atoms with Crippen molar-refractivity contribution in [3.05, 3.63) is 18.3 Å². The smallest absolute Gasteiger partial charge is 0.217 e. The summed E-state index contributed by atoms with van der Waals surface area (Å²) in [5.74, 6) is 1.05. The van der Waals surface area contributed by atoms with Crippen molar-refractivity contribution in [2.75, 3.05) is 11.9 Å². The summed E-state index contributed by atoms with van der Waals surface area (Å²) in [6.07, 6.45) is 6.64. The minimum Gasteiger partial charge on any atom is -0.369 e. The van der Waals surface area contributed by atoms with E-state index in [1.165, 1.54) is 38.1 Å². The van der Waals surface area contributed by atoms with Crippen molar-refractivity contribution in [1.29, 1.82) is 0 Å². The van der Waals surface area contributed by atoms with E-state index in [-0.39, 0.29) is 0 Å². The van der Waals surface area contributed by atoms with Crippen molar-refractivity contribution in [3.63, 3.8) is 0 Å². The summed E-state index contributed by atoms with van der Waals surface area (Å²) in [6.45, 7) is 0.939. The molecule has 3 nitrogen and oxygen atoms in total. The van der Waals surface area contributed by atoms with E-state index in [9.17, 15) is 4.39 Å². The zero-order valence-corrected chi connectivity index (χ0v) is 8.54. The van der Waals surface area contributed by atoms with Crippen LogP contribution >= 0.6 is 0 Å². The number of hydrogen-bond acceptors (Lipinski definition) is 3. The van der Waals surface area contributed by atoms with E-state index in [2.05, 4.69) is 15.3 Å². The van der Waals surface area contributed by atoms with Crippen LogP contribution in [0.15, 0.2) is 12.4 Å². The molecule has 1 aromatic heterocycles. The first-order valence-electron chi connectivity index (χ1n) is 5.50. The Morgan fingerprint density at radius 2 is 2.20 bits per heavy atom. The third-order valence-corrected chi connectivity index (χ3v) is 3.59. The Kier molecular flexibility index (Phi) is 1.90. The lowest BCUT2D eigenvalue weighted by atomic mass is 10.0. The summed E-state index contributed by atoms with van der Waals surface area (Å²) >= 11 is 0. The van der Waals surface area contributed by atoms with Crippen LogP contribution in [0, 0.1) is 17.3 Å². The molecule has 0 aromatic carbocycles. The largest absolute Gasteiger partial charge is 0.369 e. The number of nitrogens with one attached hydrogen (secondary N) is 1. The molecular formula is C11H14FN3. The quantitative estimate of drug-likeness (QED) is 0.769. The van der Waals surface area contributed by atoms with Gasteiger partial charge in [0, 0.05) is 12.6 Å². The first kappa shape index (κ1) is 9.07. The van der Waals surface area contributed by atoms with Crippen molar-refractivity contribution < 1.29 is 4.39 Å². The molecular weight excluding hydrogens is 193 g/mol. The Balaban J connectivity index is 1.61. The van der Waals surface area contributed by atoms with Crippen LogP contribution in [0.2, 0.25) is 0 Å². The molecule has 0 spiro atoms. The van der Waals surface area contributed by atoms with Crippen molar-refractivity contribution in [2.45, 2.75) is 25.7 Å². The molecule has 0 aliphatic heterocycles. The first-order valence-corrected chi connectivity index (χ1v) is 5.50. The van der Waals surface area contributed by atoms with Crippen LogP contribution in [0.3, 0.4) is 0 Å². The van der Waals surface area contributed by atoms with Crippen LogP contribution in [-0.2, 0) is 0 Å². The third-order valence-electron chi connectivity index (χ3n) is 3.59. The van der Waals surface area contributed by atoms with Crippen LogP contribution in [-0.4, -0.2) is 16.5 Å². The van der Waals surface area contributed by atoms with E-state index in [1.807, 2.05) is 0 Å². The second-order valence-corrected chi connectivity index (χ2v) is 4.72. The predicted octanol–water partition coefficient (Wildman–Crippen LogP) is 2.22. The van der Waals surface area contributed by atoms with Gasteiger partial charge in [-0.25, -0.2) is 9.97 Å². The summed E-state index contributed by atoms with van der Waals surface area (Å²) in [6, 6.07) is 1.35. The molecule has 2 aliphatic carbocycles. The molecule has 0 amide bonds. The molecule has 0 radical (unpaired) electrons. The zero-order chi connectivity index (χ0) is 10.3. The fourth-order valence-corrected chi connectivity index (χ4v) is 2.28. The van der Waals surface area contributed by atoms with Crippen LogP contribution in [0.5, 0.6) is 0 Å². The third kappa shape index (κ3) is 1.80. The highest BCUT2D eigenvalue weighted by Crippen LogP contribution is 2.61. The average Bonchev–Trinajstić information content (AvgIpc) is 3.08. The normalized spacial score (nSPS) is 22.5. The van der Waals surface area contributed by atoms with Crippen LogP contribution in [0.25, 0.3) is 0 Å². The number of rotatable bonds is 4. The van der Waals surface area contributed by atoms with E-state index >= 15 is 0 Å². The second kappa shape index (κ2) is 3.15. The average molecular weight is 207 g/mol. The first-order chi connectivity index (χ1) is 7.28. The lowest BCUT2D eigenvalue weighted by Gasteiger charge is -2.14. The summed E-state index contributed by atoms with van der Waals surface area (Å²) in [5.41, 5.74) is 0.515. The summed E-state index contributed by atoms with van der Waals surface area (Å²) in [4.78, 5) is 7.42. The van der Waals surface area contributed by atoms with E-state index < -0.39 is 5.95 Å². The van der Waals surface area contributed by atoms with Crippen LogP contribution in [0.4, 0.5) is 10.2 Å². The van der Waals surface area contributed by atoms with Gasteiger partial charge in [-0.15, -0.1) is 0 Å². The lowest BCUT2D eigenvalue weighted by molar-refractivity contribution is 0.466. The van der Waals surface area contributed by atoms with Gasteiger partial charge in [0.2, 0.25) is 5.95 Å². The fraction of sp³-hybridized carbons (Fsp3) is 0.636. The summed E-state index contributed by atoms with van der Waals surface area (Å²) < 4.78 is 12.8. The predicted molar refractivity (Wildman–Crippen MR) is 54.9 cm³/mol. The molecule has 0 unspecified atom stereocenters. The number of halogens is 1. The molecule has 1 aromatic rings. The lowest BCUT2D eigenvalue weighted by Crippen LogP contribution is -2.18. The molecule has 0 bridgehead atoms. The molecule has 2 fully saturated rings. The highest BCUT2D eigenvalue weighted by Gasteiger charge is 2.53. The topological polar surface area (TPSA) is 37.8 Å². The number of anilines is 1. The second-order valence-electron chi connectivity index (χ2n) is 4.72. The maximum Gasteiger partial charge on any atom is 0.217 e. The Bertz CT molecular complexity index is 372. The van der Waals surface area contributed by atoms with Crippen LogP contribution < -0.4 is 5.32 Å². The van der Waals surface area contributed by atoms with Gasteiger partial charge in [-0.1, -0.05) is 0 Å². The number of aromatic nitrogens is 2. The minimum atomic E-state index is -0.469. The van der Waals surface area contributed by atoms with E-state index in [0.29, 0.717) is 11.2 Å². The Labute approximate surface area is 88.1 Å². The van der Waals surface area contributed by atoms with E-state index in [4.69, 9.17) is 0 Å². The van der Waals surface area contributed by atoms with Gasteiger partial charge >= 0.3 is 0 Å². The maximum atomic E-state index is 12.8. The van der Waals surface area contributed by atoms with Gasteiger partial charge < -0.3 is 5.32 Å². The molecule has 4 heteroatoms. The van der Waals surface area contributed by atoms with Gasteiger partial charge in [0.25, 0.3) is 0 Å². The molecule has 0 saturated heterocycles. The van der Waals surface area contributed by atoms with Gasteiger partial charge in [-0.3, -0.25) is 0 Å². The van der Waals surface area contributed by atoms with Gasteiger partial charge in [0.05, 0.1) is 0 Å². The van der Waals surface area contributed by atoms with E-state index in [0.717, 1.165) is 12.5 Å². The molecule has 0 atom stereocenters. The molecule has 1 heterocycles. The number of hydrogen-bond donors (Lipinski definition) is 1. The SMILES string of the molecule is Fc1cc(NCC2(C3CC3)CC2)ncn1. The highest BCUT2D eigenvalue weighted by atomic mass is 19.1. The van der Waals surface area contributed by atoms with Crippen molar-refractivity contribution in [3.8, 4) is 0 Å². The van der Waals surface area contributed by atoms with Crippen molar-refractivity contribution in [2.24, 2.45) is 11.3 Å². The monoisotopic (exact) mass is 207 g/mol. The fourth-order valence-electron chi connectivity index (χ4n) is 2.28. The Morgan fingerprint density at radius 1 is 1.40 bits per heavy atom. The van der Waals surface area contributed by atoms with Crippen LogP contribution in [0.1, 0.15) is 25.7 Å². The van der Waals surface area contributed by atoms with Crippen molar-refractivity contribution in [1.82, 2.24) is 9.97 Å². The summed E-state index contributed by atoms with van der Waals surface area (Å²) in [7, 11) is 0. The molecule has 15 heavy (non-hydrogen) atoms.